The number of rotatable bonds is 12. The van der Waals surface area contributed by atoms with Crippen molar-refractivity contribution >= 4 is 118 Å². The second kappa shape index (κ2) is 27.2. The maximum absolute atomic E-state index is 2.65. The highest BCUT2D eigenvalue weighted by atomic mass is 15.2. The van der Waals surface area contributed by atoms with Gasteiger partial charge in [-0.3, -0.25) is 0 Å². The molecule has 4 heterocycles. The van der Waals surface area contributed by atoms with Crippen molar-refractivity contribution in [2.45, 2.75) is 78.6 Å². The second-order valence-corrected chi connectivity index (χ2v) is 34.2. The highest BCUT2D eigenvalue weighted by molar-refractivity contribution is 7.00. The van der Waals surface area contributed by atoms with Gasteiger partial charge in [0.15, 0.2) is 0 Å². The third kappa shape index (κ3) is 12.1. The van der Waals surface area contributed by atoms with Crippen LogP contribution in [0.15, 0.2) is 370 Å². The summed E-state index contributed by atoms with van der Waals surface area (Å²) < 4.78 is 4.96. The summed E-state index contributed by atoms with van der Waals surface area (Å²) in [7, 11) is 0. The van der Waals surface area contributed by atoms with Crippen LogP contribution in [0.25, 0.3) is 111 Å². The number of anilines is 9. The fourth-order valence-electron chi connectivity index (χ4n) is 18.0. The summed E-state index contributed by atoms with van der Waals surface area (Å²) in [4.78, 5) is 7.75. The summed E-state index contributed by atoms with van der Waals surface area (Å²) in [6.45, 7) is 20.7. The van der Waals surface area contributed by atoms with Crippen LogP contribution in [0.2, 0.25) is 0 Å². The Morgan fingerprint density at radius 1 is 0.219 bits per heavy atom. The van der Waals surface area contributed by atoms with Gasteiger partial charge in [-0.1, -0.05) is 287 Å². The van der Waals surface area contributed by atoms with Crippen molar-refractivity contribution < 1.29 is 0 Å². The van der Waals surface area contributed by atoms with Crippen molar-refractivity contribution in [2.24, 2.45) is 0 Å². The van der Waals surface area contributed by atoms with E-state index >= 15 is 0 Å². The molecule has 2 aromatic heterocycles. The molecule has 6 heteroatoms. The Hall–Kier alpha value is -13.4. The summed E-state index contributed by atoms with van der Waals surface area (Å²) in [6.07, 6.45) is 0. The van der Waals surface area contributed by atoms with Crippen LogP contribution in [-0.4, -0.2) is 15.8 Å². The van der Waals surface area contributed by atoms with Gasteiger partial charge in [0.05, 0.1) is 22.1 Å². The number of nitrogens with zero attached hydrogens (tertiary/aromatic N) is 5. The molecule has 0 atom stereocenters. The van der Waals surface area contributed by atoms with Crippen LogP contribution < -0.4 is 31.1 Å². The minimum atomic E-state index is -0.264. The number of benzene rings is 16. The Morgan fingerprint density at radius 3 is 1.04 bits per heavy atom. The molecule has 2 aliphatic heterocycles. The Morgan fingerprint density at radius 2 is 0.579 bits per heavy atom. The molecule has 16 aromatic carbocycles. The lowest BCUT2D eigenvalue weighted by molar-refractivity contribution is 0.590. The molecule has 20 rings (SSSR count). The topological polar surface area (TPSA) is 19.6 Å². The zero-order chi connectivity index (χ0) is 77.3. The first-order valence-electron chi connectivity index (χ1n) is 40.1. The Balaban J connectivity index is 0.900. The number of aromatic nitrogens is 2. The van der Waals surface area contributed by atoms with E-state index < -0.39 is 0 Å². The fourth-order valence-corrected chi connectivity index (χ4v) is 18.0. The molecular weight excluding hydrogens is 1380 g/mol. The average Bonchev–Trinajstić information content (AvgIpc) is 1.36. The molecule has 0 radical (unpaired) electrons. The summed E-state index contributed by atoms with van der Waals surface area (Å²) in [5, 5.41) is 4.99. The first-order chi connectivity index (χ1) is 55.4. The summed E-state index contributed by atoms with van der Waals surface area (Å²) in [5.41, 5.74) is 35.2. The highest BCUT2D eigenvalue weighted by Gasteiger charge is 2.45. The largest absolute Gasteiger partial charge is 0.311 e. The average molecular weight is 1470 g/mol. The van der Waals surface area contributed by atoms with Crippen LogP contribution >= 0.6 is 0 Å². The molecule has 0 fully saturated rings. The maximum atomic E-state index is 2.65. The molecule has 0 saturated carbocycles. The van der Waals surface area contributed by atoms with Gasteiger partial charge in [0.1, 0.15) is 0 Å². The van der Waals surface area contributed by atoms with E-state index in [2.05, 4.69) is 456 Å². The number of fused-ring (bicyclic) bond motifs is 10. The van der Waals surface area contributed by atoms with Crippen molar-refractivity contribution in [3.05, 3.63) is 387 Å². The molecule has 0 N–H and O–H groups in total. The van der Waals surface area contributed by atoms with Crippen LogP contribution in [0.1, 0.15) is 79.0 Å². The fraction of sp³-hybridized carbons (Fsp3) is 0.111. The minimum Gasteiger partial charge on any atom is -0.311 e. The minimum absolute atomic E-state index is 0.0647. The molecule has 114 heavy (non-hydrogen) atoms. The second-order valence-electron chi connectivity index (χ2n) is 34.2. The van der Waals surface area contributed by atoms with E-state index in [0.29, 0.717) is 0 Å². The SMILES string of the molecule is CC(C)(C)c1cccc(-c2cc3c4c(c2)N(c2cc(-c5ccccc5)cc(-c5ccccc5)c2)c2cc(-n5c6ccc(C(C)(C)C)cc6c6cc(C(C)(C)C)ccc65)ccc2B4c2ccc(N(c4ccccc4)c4ccc(-n5c6ccccc6c6ccccc65)cc4)cc2N3c2cc(-c3ccccc3)cc(-c3ccccc3)c2)c1. The van der Waals surface area contributed by atoms with Gasteiger partial charge in [0.2, 0.25) is 0 Å². The summed E-state index contributed by atoms with van der Waals surface area (Å²) in [6, 6.07) is 140. The van der Waals surface area contributed by atoms with Gasteiger partial charge in [0, 0.05) is 84.1 Å². The molecule has 0 bridgehead atoms. The van der Waals surface area contributed by atoms with Gasteiger partial charge in [-0.25, -0.2) is 0 Å². The van der Waals surface area contributed by atoms with E-state index in [1.807, 2.05) is 0 Å². The zero-order valence-electron chi connectivity index (χ0n) is 66.0. The normalized spacial score (nSPS) is 12.7. The van der Waals surface area contributed by atoms with Gasteiger partial charge in [-0.2, -0.15) is 0 Å². The van der Waals surface area contributed by atoms with Crippen LogP contribution in [-0.2, 0) is 16.2 Å². The number of para-hydroxylation sites is 3. The molecule has 0 amide bonds. The van der Waals surface area contributed by atoms with E-state index in [1.165, 1.54) is 76.7 Å². The Bertz CT molecular complexity index is 6540. The molecule has 5 nitrogen and oxygen atoms in total. The summed E-state index contributed by atoms with van der Waals surface area (Å²) >= 11 is 0. The van der Waals surface area contributed by atoms with E-state index in [0.717, 1.165) is 118 Å². The lowest BCUT2D eigenvalue weighted by atomic mass is 9.33. The third-order valence-electron chi connectivity index (χ3n) is 23.9. The van der Waals surface area contributed by atoms with Crippen LogP contribution in [0.5, 0.6) is 0 Å². The lowest BCUT2D eigenvalue weighted by Gasteiger charge is -2.45. The van der Waals surface area contributed by atoms with Crippen LogP contribution in [0.3, 0.4) is 0 Å². The third-order valence-corrected chi connectivity index (χ3v) is 23.9. The van der Waals surface area contributed by atoms with E-state index in [1.54, 1.807) is 0 Å². The first-order valence-corrected chi connectivity index (χ1v) is 40.1. The van der Waals surface area contributed by atoms with Crippen molar-refractivity contribution in [3.8, 4) is 67.0 Å². The number of hydrogen-bond donors (Lipinski definition) is 0. The quantitative estimate of drug-likeness (QED) is 0.114. The standard InChI is InChI=1S/C108H88BN5/c1-106(2,3)81-39-29-38-75(60-81)80-65-103-105-104(66-80)114(90-63-78(73-34-19-12-20-35-73)59-79(64-90)74-36-21-13-22-37-74)102-70-88(112-99-56-46-82(107(4,5)6)67-93(99)94-68-83(108(7,8)9)47-57-100(94)112)53-55-96(102)109(105)95-54-52-87(69-101(95)113(103)89-61-76(71-30-15-10-16-31-71)58-77(62-89)72-32-17-11-18-33-72)110(84-40-23-14-24-41-84)85-48-50-86(51-49-85)111-97-44-27-25-42-91(97)92-43-26-28-45-98(92)111/h10-70H,1-9H3. The lowest BCUT2D eigenvalue weighted by Crippen LogP contribution is -2.61. The molecule has 548 valence electrons. The van der Waals surface area contributed by atoms with Crippen LogP contribution in [0, 0.1) is 0 Å². The van der Waals surface area contributed by atoms with Gasteiger partial charge in [-0.05, 0) is 251 Å². The molecule has 0 aliphatic carbocycles. The van der Waals surface area contributed by atoms with Crippen LogP contribution in [0.4, 0.5) is 51.2 Å². The van der Waals surface area contributed by atoms with E-state index in [-0.39, 0.29) is 23.0 Å². The Kier molecular flexibility index (Phi) is 16.7. The smallest absolute Gasteiger partial charge is 0.252 e. The zero-order valence-corrected chi connectivity index (χ0v) is 66.0. The van der Waals surface area contributed by atoms with Crippen molar-refractivity contribution in [1.82, 2.24) is 9.13 Å². The van der Waals surface area contributed by atoms with Gasteiger partial charge in [-0.15, -0.1) is 0 Å². The molecule has 0 saturated heterocycles. The molecule has 18 aromatic rings. The predicted octanol–water partition coefficient (Wildman–Crippen LogP) is 27.7. The molecule has 0 spiro atoms. The van der Waals surface area contributed by atoms with Crippen molar-refractivity contribution in [2.75, 3.05) is 14.7 Å². The molecule has 0 unspecified atom stereocenters. The maximum Gasteiger partial charge on any atom is 0.252 e. The van der Waals surface area contributed by atoms with Gasteiger partial charge >= 0.3 is 0 Å². The van der Waals surface area contributed by atoms with Crippen molar-refractivity contribution in [1.29, 1.82) is 0 Å². The molecular formula is C108H88BN5. The summed E-state index contributed by atoms with van der Waals surface area (Å²) in [5.74, 6) is 0. The number of hydrogen-bond acceptors (Lipinski definition) is 3. The van der Waals surface area contributed by atoms with E-state index in [9.17, 15) is 0 Å². The van der Waals surface area contributed by atoms with Gasteiger partial charge < -0.3 is 23.8 Å². The highest BCUT2D eigenvalue weighted by Crippen LogP contribution is 2.52. The van der Waals surface area contributed by atoms with Crippen molar-refractivity contribution in [3.63, 3.8) is 0 Å². The predicted molar refractivity (Wildman–Crippen MR) is 487 cm³/mol. The monoisotopic (exact) mass is 1470 g/mol. The molecule has 2 aliphatic rings. The Labute approximate surface area is 669 Å². The first kappa shape index (κ1) is 69.8. The van der Waals surface area contributed by atoms with E-state index in [4.69, 9.17) is 0 Å². The van der Waals surface area contributed by atoms with Gasteiger partial charge in [0.25, 0.3) is 6.71 Å².